The highest BCUT2D eigenvalue weighted by atomic mass is 16.5. The highest BCUT2D eigenvalue weighted by molar-refractivity contribution is 5.97. The van der Waals surface area contributed by atoms with Gasteiger partial charge >= 0.3 is 0 Å². The summed E-state index contributed by atoms with van der Waals surface area (Å²) in [6.45, 7) is 5.62. The van der Waals surface area contributed by atoms with E-state index in [9.17, 15) is 4.79 Å². The number of benzene rings is 1. The fourth-order valence-electron chi connectivity index (χ4n) is 1.60. The van der Waals surface area contributed by atoms with Crippen LogP contribution < -0.4 is 15.8 Å². The van der Waals surface area contributed by atoms with Gasteiger partial charge in [-0.3, -0.25) is 4.79 Å². The minimum Gasteiger partial charge on any atom is -0.496 e. The molecule has 0 heterocycles. The number of hydrogen-bond acceptors (Lipinski definition) is 4. The van der Waals surface area contributed by atoms with Gasteiger partial charge in [-0.1, -0.05) is 0 Å². The van der Waals surface area contributed by atoms with Gasteiger partial charge < -0.3 is 20.7 Å². The summed E-state index contributed by atoms with van der Waals surface area (Å²) in [5.74, 6) is 0.366. The van der Waals surface area contributed by atoms with Gasteiger partial charge in [-0.15, -0.1) is 0 Å². The van der Waals surface area contributed by atoms with Crippen molar-refractivity contribution in [3.05, 3.63) is 23.8 Å². The van der Waals surface area contributed by atoms with Crippen LogP contribution in [0.4, 0.5) is 5.69 Å². The zero-order chi connectivity index (χ0) is 14.4. The molecule has 19 heavy (non-hydrogen) atoms. The lowest BCUT2D eigenvalue weighted by Gasteiger charge is -2.21. The fourth-order valence-corrected chi connectivity index (χ4v) is 1.60. The third-order valence-corrected chi connectivity index (χ3v) is 3.10. The minimum atomic E-state index is -0.165. The molecule has 0 aliphatic heterocycles. The van der Waals surface area contributed by atoms with Crippen molar-refractivity contribution in [1.29, 1.82) is 0 Å². The summed E-state index contributed by atoms with van der Waals surface area (Å²) in [6.07, 6.45) is 0. The number of anilines is 1. The molecule has 0 spiro atoms. The first-order chi connectivity index (χ1) is 8.95. The number of carbonyl (C=O) groups excluding carboxylic acids is 1. The summed E-state index contributed by atoms with van der Waals surface area (Å²) < 4.78 is 5.16. The minimum absolute atomic E-state index is 0.165. The summed E-state index contributed by atoms with van der Waals surface area (Å²) in [4.78, 5) is 14.2. The van der Waals surface area contributed by atoms with Gasteiger partial charge in [-0.05, 0) is 39.1 Å². The Morgan fingerprint density at radius 3 is 2.74 bits per heavy atom. The predicted octanol–water partition coefficient (Wildman–Crippen LogP) is 1.35. The number of carbonyl (C=O) groups is 1. The molecule has 106 valence electrons. The molecule has 0 atom stereocenters. The first kappa shape index (κ1) is 15.3. The monoisotopic (exact) mass is 265 g/mol. The second-order valence-corrected chi connectivity index (χ2v) is 4.79. The molecule has 0 radical (unpaired) electrons. The molecule has 0 bridgehead atoms. The second-order valence-electron chi connectivity index (χ2n) is 4.79. The molecule has 1 rings (SSSR count). The van der Waals surface area contributed by atoms with Crippen LogP contribution >= 0.6 is 0 Å². The van der Waals surface area contributed by atoms with Crippen LogP contribution in [0.5, 0.6) is 5.75 Å². The van der Waals surface area contributed by atoms with Gasteiger partial charge in [-0.2, -0.15) is 0 Å². The van der Waals surface area contributed by atoms with Gasteiger partial charge in [0.2, 0.25) is 0 Å². The van der Waals surface area contributed by atoms with E-state index in [1.807, 2.05) is 7.05 Å². The Kier molecular flexibility index (Phi) is 5.63. The van der Waals surface area contributed by atoms with Gasteiger partial charge in [0.05, 0.1) is 12.7 Å². The van der Waals surface area contributed by atoms with E-state index in [-0.39, 0.29) is 5.91 Å². The molecule has 0 saturated carbocycles. The van der Waals surface area contributed by atoms with Crippen LogP contribution in [0.3, 0.4) is 0 Å². The highest BCUT2D eigenvalue weighted by Crippen LogP contribution is 2.20. The predicted molar refractivity (Wildman–Crippen MR) is 77.5 cm³/mol. The van der Waals surface area contributed by atoms with E-state index < -0.39 is 0 Å². The molecule has 0 aromatic heterocycles. The molecule has 5 heteroatoms. The Morgan fingerprint density at radius 2 is 2.16 bits per heavy atom. The van der Waals surface area contributed by atoms with Crippen molar-refractivity contribution in [3.8, 4) is 5.75 Å². The van der Waals surface area contributed by atoms with Crippen LogP contribution in [0.2, 0.25) is 0 Å². The second kappa shape index (κ2) is 6.99. The Balaban J connectivity index is 2.61. The summed E-state index contributed by atoms with van der Waals surface area (Å²) >= 11 is 0. The summed E-state index contributed by atoms with van der Waals surface area (Å²) in [6, 6.07) is 5.49. The van der Waals surface area contributed by atoms with E-state index in [2.05, 4.69) is 24.1 Å². The van der Waals surface area contributed by atoms with Crippen molar-refractivity contribution in [2.24, 2.45) is 0 Å². The topological polar surface area (TPSA) is 67.6 Å². The first-order valence-electron chi connectivity index (χ1n) is 6.37. The van der Waals surface area contributed by atoms with Crippen LogP contribution in [0.1, 0.15) is 24.2 Å². The normalized spacial score (nSPS) is 10.8. The number of nitrogen functional groups attached to an aromatic ring is 1. The number of nitrogens with zero attached hydrogens (tertiary/aromatic N) is 1. The summed E-state index contributed by atoms with van der Waals surface area (Å²) in [7, 11) is 3.56. The Hall–Kier alpha value is -1.75. The Labute approximate surface area is 114 Å². The first-order valence-corrected chi connectivity index (χ1v) is 6.37. The van der Waals surface area contributed by atoms with E-state index in [1.165, 1.54) is 7.11 Å². The van der Waals surface area contributed by atoms with Crippen LogP contribution in [-0.4, -0.2) is 44.1 Å². The van der Waals surface area contributed by atoms with Gasteiger partial charge in [0.25, 0.3) is 5.91 Å². The zero-order valence-electron chi connectivity index (χ0n) is 12.1. The molecular formula is C14H23N3O2. The van der Waals surface area contributed by atoms with Crippen molar-refractivity contribution >= 4 is 11.6 Å². The van der Waals surface area contributed by atoms with Crippen molar-refractivity contribution in [3.63, 3.8) is 0 Å². The van der Waals surface area contributed by atoms with E-state index in [1.54, 1.807) is 18.2 Å². The zero-order valence-corrected chi connectivity index (χ0v) is 12.1. The van der Waals surface area contributed by atoms with Crippen LogP contribution in [0, 0.1) is 0 Å². The van der Waals surface area contributed by atoms with E-state index >= 15 is 0 Å². The maximum atomic E-state index is 12.1. The third-order valence-electron chi connectivity index (χ3n) is 3.10. The molecule has 0 aliphatic carbocycles. The molecule has 3 N–H and O–H groups in total. The van der Waals surface area contributed by atoms with Gasteiger partial charge in [0.1, 0.15) is 5.75 Å². The summed E-state index contributed by atoms with van der Waals surface area (Å²) in [5, 5.41) is 2.87. The van der Waals surface area contributed by atoms with E-state index in [0.717, 1.165) is 6.54 Å². The maximum absolute atomic E-state index is 12.1. The molecule has 1 aromatic carbocycles. The highest BCUT2D eigenvalue weighted by Gasteiger charge is 2.12. The summed E-state index contributed by atoms with van der Waals surface area (Å²) in [5.41, 5.74) is 6.71. The smallest absolute Gasteiger partial charge is 0.255 e. The van der Waals surface area contributed by atoms with E-state index in [4.69, 9.17) is 10.5 Å². The maximum Gasteiger partial charge on any atom is 0.255 e. The van der Waals surface area contributed by atoms with Crippen molar-refractivity contribution in [2.75, 3.05) is 33.0 Å². The average Bonchev–Trinajstić information content (AvgIpc) is 2.38. The van der Waals surface area contributed by atoms with Crippen molar-refractivity contribution < 1.29 is 9.53 Å². The molecule has 5 nitrogen and oxygen atoms in total. The number of rotatable bonds is 6. The number of nitrogens with one attached hydrogen (secondary N) is 1. The largest absolute Gasteiger partial charge is 0.496 e. The number of amides is 1. The number of ether oxygens (including phenoxy) is 1. The third kappa shape index (κ3) is 4.44. The van der Waals surface area contributed by atoms with Gasteiger partial charge in [-0.25, -0.2) is 0 Å². The lowest BCUT2D eigenvalue weighted by atomic mass is 10.1. The molecule has 0 aliphatic rings. The molecule has 1 aromatic rings. The SMILES string of the molecule is COc1ccc(N)cc1C(=O)NCCN(C)C(C)C. The van der Waals surface area contributed by atoms with Crippen LogP contribution in [0.25, 0.3) is 0 Å². The van der Waals surface area contributed by atoms with Crippen LogP contribution in [-0.2, 0) is 0 Å². The Bertz CT molecular complexity index is 433. The fraction of sp³-hybridized carbons (Fsp3) is 0.500. The lowest BCUT2D eigenvalue weighted by Crippen LogP contribution is -2.36. The quantitative estimate of drug-likeness (QED) is 0.762. The Morgan fingerprint density at radius 1 is 1.47 bits per heavy atom. The molecule has 0 unspecified atom stereocenters. The number of nitrogens with two attached hydrogens (primary N) is 1. The molecule has 0 saturated heterocycles. The molecule has 0 fully saturated rings. The molecule has 1 amide bonds. The van der Waals surface area contributed by atoms with Crippen molar-refractivity contribution in [2.45, 2.75) is 19.9 Å². The van der Waals surface area contributed by atoms with Crippen molar-refractivity contribution in [1.82, 2.24) is 10.2 Å². The van der Waals surface area contributed by atoms with Gasteiger partial charge in [0.15, 0.2) is 0 Å². The lowest BCUT2D eigenvalue weighted by molar-refractivity contribution is 0.0945. The van der Waals surface area contributed by atoms with Crippen LogP contribution in [0.15, 0.2) is 18.2 Å². The number of likely N-dealkylation sites (N-methyl/N-ethyl adjacent to an activating group) is 1. The number of hydrogen-bond donors (Lipinski definition) is 2. The average molecular weight is 265 g/mol. The van der Waals surface area contributed by atoms with Gasteiger partial charge in [0, 0.05) is 24.8 Å². The van der Waals surface area contributed by atoms with E-state index in [0.29, 0.717) is 29.6 Å². The number of methoxy groups -OCH3 is 1. The molecular weight excluding hydrogens is 242 g/mol. The standard InChI is InChI=1S/C14H23N3O2/c1-10(2)17(3)8-7-16-14(18)12-9-11(15)5-6-13(12)19-4/h5-6,9-10H,7-8,15H2,1-4H3,(H,16,18).